The number of anilines is 2. The molecule has 0 radical (unpaired) electrons. The minimum Gasteiger partial charge on any atom is -0.459 e. The van der Waals surface area contributed by atoms with Crippen molar-refractivity contribution in [3.05, 3.63) is 47.9 Å². The molecule has 0 aliphatic carbocycles. The van der Waals surface area contributed by atoms with Crippen molar-refractivity contribution in [1.29, 1.82) is 0 Å². The molecule has 5 heteroatoms. The van der Waals surface area contributed by atoms with Crippen LogP contribution < -0.4 is 10.6 Å². The maximum Gasteiger partial charge on any atom is 0.291 e. The Kier molecular flexibility index (Phi) is 4.42. The zero-order chi connectivity index (χ0) is 15.4. The molecule has 2 amide bonds. The Morgan fingerprint density at radius 1 is 1.10 bits per heavy atom. The highest BCUT2D eigenvalue weighted by Crippen LogP contribution is 2.24. The number of nitrogens with one attached hydrogen (secondary N) is 2. The minimum absolute atomic E-state index is 0.103. The van der Waals surface area contributed by atoms with E-state index in [-0.39, 0.29) is 23.5 Å². The molecule has 21 heavy (non-hydrogen) atoms. The van der Waals surface area contributed by atoms with Crippen molar-refractivity contribution in [2.24, 2.45) is 5.92 Å². The summed E-state index contributed by atoms with van der Waals surface area (Å²) in [5.41, 5.74) is 2.11. The topological polar surface area (TPSA) is 71.3 Å². The molecule has 0 bridgehead atoms. The van der Waals surface area contributed by atoms with Gasteiger partial charge in [-0.2, -0.15) is 0 Å². The molecule has 2 aromatic rings. The summed E-state index contributed by atoms with van der Waals surface area (Å²) >= 11 is 0. The first-order valence-electron chi connectivity index (χ1n) is 6.73. The largest absolute Gasteiger partial charge is 0.459 e. The van der Waals surface area contributed by atoms with Crippen LogP contribution in [0.25, 0.3) is 0 Å². The second-order valence-electron chi connectivity index (χ2n) is 5.12. The van der Waals surface area contributed by atoms with Crippen LogP contribution >= 0.6 is 0 Å². The van der Waals surface area contributed by atoms with E-state index < -0.39 is 0 Å². The van der Waals surface area contributed by atoms with Gasteiger partial charge in [0.1, 0.15) is 0 Å². The Morgan fingerprint density at radius 2 is 1.86 bits per heavy atom. The van der Waals surface area contributed by atoms with E-state index in [1.54, 1.807) is 18.2 Å². The van der Waals surface area contributed by atoms with E-state index in [1.807, 2.05) is 32.9 Å². The lowest BCUT2D eigenvalue weighted by atomic mass is 10.1. The van der Waals surface area contributed by atoms with E-state index in [1.165, 1.54) is 6.26 Å². The van der Waals surface area contributed by atoms with Gasteiger partial charge in [-0.25, -0.2) is 0 Å². The maximum atomic E-state index is 12.0. The molecule has 0 unspecified atom stereocenters. The normalized spacial score (nSPS) is 10.5. The van der Waals surface area contributed by atoms with Crippen molar-refractivity contribution < 1.29 is 14.0 Å². The number of hydrogen-bond donors (Lipinski definition) is 2. The number of carbonyl (C=O) groups is 2. The standard InChI is InChI=1S/C16H18N2O3/c1-10(2)15(19)18-13-9-11(3)6-7-12(13)17-16(20)14-5-4-8-21-14/h4-10H,1-3H3,(H,17,20)(H,18,19). The third-order valence-corrected chi connectivity index (χ3v) is 2.95. The zero-order valence-electron chi connectivity index (χ0n) is 12.3. The molecule has 2 rings (SSSR count). The second kappa shape index (κ2) is 6.26. The summed E-state index contributed by atoms with van der Waals surface area (Å²) in [7, 11) is 0. The summed E-state index contributed by atoms with van der Waals surface area (Å²) in [5, 5.41) is 5.55. The third-order valence-electron chi connectivity index (χ3n) is 2.95. The predicted molar refractivity (Wildman–Crippen MR) is 81.3 cm³/mol. The average Bonchev–Trinajstić information content (AvgIpc) is 2.95. The molecule has 0 saturated heterocycles. The fourth-order valence-corrected chi connectivity index (χ4v) is 1.74. The number of furan rings is 1. The van der Waals surface area contributed by atoms with Crippen LogP contribution in [-0.4, -0.2) is 11.8 Å². The van der Waals surface area contributed by atoms with Gasteiger partial charge in [0.05, 0.1) is 17.6 Å². The summed E-state index contributed by atoms with van der Waals surface area (Å²) in [6, 6.07) is 8.66. The highest BCUT2D eigenvalue weighted by atomic mass is 16.3. The molecule has 2 N–H and O–H groups in total. The van der Waals surface area contributed by atoms with Gasteiger partial charge < -0.3 is 15.1 Å². The lowest BCUT2D eigenvalue weighted by Gasteiger charge is -2.14. The molecule has 110 valence electrons. The van der Waals surface area contributed by atoms with Crippen molar-refractivity contribution in [2.45, 2.75) is 20.8 Å². The van der Waals surface area contributed by atoms with Crippen LogP contribution in [0, 0.1) is 12.8 Å². The van der Waals surface area contributed by atoms with Gasteiger partial charge in [-0.1, -0.05) is 19.9 Å². The van der Waals surface area contributed by atoms with Crippen LogP contribution in [0.1, 0.15) is 30.0 Å². The van der Waals surface area contributed by atoms with Crippen LogP contribution in [-0.2, 0) is 4.79 Å². The van der Waals surface area contributed by atoms with E-state index in [0.717, 1.165) is 5.56 Å². The summed E-state index contributed by atoms with van der Waals surface area (Å²) in [6.45, 7) is 5.54. The van der Waals surface area contributed by atoms with E-state index in [0.29, 0.717) is 11.4 Å². The zero-order valence-corrected chi connectivity index (χ0v) is 12.3. The quantitative estimate of drug-likeness (QED) is 0.904. The van der Waals surface area contributed by atoms with E-state index in [4.69, 9.17) is 4.42 Å². The first-order valence-corrected chi connectivity index (χ1v) is 6.73. The second-order valence-corrected chi connectivity index (χ2v) is 5.12. The lowest BCUT2D eigenvalue weighted by molar-refractivity contribution is -0.118. The fourth-order valence-electron chi connectivity index (χ4n) is 1.74. The number of amides is 2. The van der Waals surface area contributed by atoms with E-state index >= 15 is 0 Å². The van der Waals surface area contributed by atoms with Crippen molar-refractivity contribution in [3.63, 3.8) is 0 Å². The van der Waals surface area contributed by atoms with Gasteiger partial charge in [-0.15, -0.1) is 0 Å². The van der Waals surface area contributed by atoms with Crippen LogP contribution in [0.15, 0.2) is 41.0 Å². The van der Waals surface area contributed by atoms with E-state index in [2.05, 4.69) is 10.6 Å². The summed E-state index contributed by atoms with van der Waals surface area (Å²) in [5.74, 6) is -0.381. The molecule has 0 aliphatic rings. The highest BCUT2D eigenvalue weighted by Gasteiger charge is 2.14. The summed E-state index contributed by atoms with van der Waals surface area (Å²) in [4.78, 5) is 23.9. The number of aryl methyl sites for hydroxylation is 1. The number of hydrogen-bond acceptors (Lipinski definition) is 3. The molecule has 0 saturated carbocycles. The molecule has 0 atom stereocenters. The lowest BCUT2D eigenvalue weighted by Crippen LogP contribution is -2.20. The molecule has 0 aliphatic heterocycles. The molecule has 1 aromatic carbocycles. The van der Waals surface area contributed by atoms with Gasteiger partial charge in [0.2, 0.25) is 5.91 Å². The van der Waals surface area contributed by atoms with Gasteiger partial charge in [0.25, 0.3) is 5.91 Å². The first-order chi connectivity index (χ1) is 9.97. The van der Waals surface area contributed by atoms with Crippen molar-refractivity contribution in [3.8, 4) is 0 Å². The molecule has 5 nitrogen and oxygen atoms in total. The van der Waals surface area contributed by atoms with Crippen LogP contribution in [0.4, 0.5) is 11.4 Å². The Labute approximate surface area is 123 Å². The van der Waals surface area contributed by atoms with Crippen LogP contribution in [0.5, 0.6) is 0 Å². The predicted octanol–water partition coefficient (Wildman–Crippen LogP) is 3.43. The van der Waals surface area contributed by atoms with Crippen molar-refractivity contribution >= 4 is 23.2 Å². The smallest absolute Gasteiger partial charge is 0.291 e. The number of carbonyl (C=O) groups excluding carboxylic acids is 2. The molecule has 1 aromatic heterocycles. The number of rotatable bonds is 4. The third kappa shape index (κ3) is 3.72. The highest BCUT2D eigenvalue weighted by molar-refractivity contribution is 6.06. The monoisotopic (exact) mass is 286 g/mol. The molecule has 0 spiro atoms. The first kappa shape index (κ1) is 14.8. The molecular weight excluding hydrogens is 268 g/mol. The molecule has 1 heterocycles. The van der Waals surface area contributed by atoms with Gasteiger partial charge in [-0.3, -0.25) is 9.59 Å². The molecular formula is C16H18N2O3. The minimum atomic E-state index is -0.358. The summed E-state index contributed by atoms with van der Waals surface area (Å²) < 4.78 is 5.05. The van der Waals surface area contributed by atoms with E-state index in [9.17, 15) is 9.59 Å². The number of benzene rings is 1. The van der Waals surface area contributed by atoms with Gasteiger partial charge in [0.15, 0.2) is 5.76 Å². The average molecular weight is 286 g/mol. The SMILES string of the molecule is Cc1ccc(NC(=O)c2ccco2)c(NC(=O)C(C)C)c1. The Morgan fingerprint density at radius 3 is 2.48 bits per heavy atom. The molecule has 0 fully saturated rings. The Hall–Kier alpha value is -2.56. The summed E-state index contributed by atoms with van der Waals surface area (Å²) in [6.07, 6.45) is 1.44. The van der Waals surface area contributed by atoms with Crippen LogP contribution in [0.3, 0.4) is 0 Å². The Bertz CT molecular complexity index is 646. The van der Waals surface area contributed by atoms with Crippen molar-refractivity contribution in [2.75, 3.05) is 10.6 Å². The van der Waals surface area contributed by atoms with Crippen molar-refractivity contribution in [1.82, 2.24) is 0 Å². The Balaban J connectivity index is 2.22. The van der Waals surface area contributed by atoms with Gasteiger partial charge in [-0.05, 0) is 36.8 Å². The van der Waals surface area contributed by atoms with Gasteiger partial charge in [0, 0.05) is 5.92 Å². The van der Waals surface area contributed by atoms with Crippen LogP contribution in [0.2, 0.25) is 0 Å². The van der Waals surface area contributed by atoms with Gasteiger partial charge >= 0.3 is 0 Å². The maximum absolute atomic E-state index is 12.0. The fraction of sp³-hybridized carbons (Fsp3) is 0.250.